The van der Waals surface area contributed by atoms with Crippen LogP contribution in [0.2, 0.25) is 0 Å². The van der Waals surface area contributed by atoms with Crippen molar-refractivity contribution in [2.24, 2.45) is 11.3 Å². The topological polar surface area (TPSA) is 26.3 Å². The normalized spacial score (nSPS) is 14.9. The Morgan fingerprint density at radius 2 is 1.80 bits per heavy atom. The van der Waals surface area contributed by atoms with E-state index in [-0.39, 0.29) is 12.1 Å². The molecule has 20 heavy (non-hydrogen) atoms. The third kappa shape index (κ3) is 12.0. The van der Waals surface area contributed by atoms with E-state index in [2.05, 4.69) is 33.8 Å². The molecule has 0 aromatic heterocycles. The van der Waals surface area contributed by atoms with Gasteiger partial charge in [-0.2, -0.15) is 0 Å². The largest absolute Gasteiger partial charge is 0.460 e. The molecule has 0 aromatic carbocycles. The third-order valence-electron chi connectivity index (χ3n) is 2.97. The van der Waals surface area contributed by atoms with Crippen LogP contribution in [0.3, 0.4) is 0 Å². The number of ether oxygens (including phenoxy) is 1. The van der Waals surface area contributed by atoms with Crippen LogP contribution in [0.25, 0.3) is 0 Å². The van der Waals surface area contributed by atoms with E-state index in [1.165, 1.54) is 19.3 Å². The van der Waals surface area contributed by atoms with Crippen LogP contribution in [-0.4, -0.2) is 12.1 Å². The van der Waals surface area contributed by atoms with Crippen LogP contribution in [0, 0.1) is 11.3 Å². The fraction of sp³-hybridized carbons (Fsp3) is 0.722. The number of rotatable bonds is 7. The van der Waals surface area contributed by atoms with Gasteiger partial charge in [0, 0.05) is 6.08 Å². The zero-order valence-corrected chi connectivity index (χ0v) is 14.3. The second-order valence-electron chi connectivity index (χ2n) is 7.16. The van der Waals surface area contributed by atoms with Gasteiger partial charge in [0.15, 0.2) is 0 Å². The van der Waals surface area contributed by atoms with E-state index in [4.69, 9.17) is 4.74 Å². The summed E-state index contributed by atoms with van der Waals surface area (Å²) < 4.78 is 5.08. The lowest BCUT2D eigenvalue weighted by molar-refractivity contribution is -0.141. The summed E-state index contributed by atoms with van der Waals surface area (Å²) in [6.07, 6.45) is 9.37. The minimum Gasteiger partial charge on any atom is -0.460 e. The van der Waals surface area contributed by atoms with Crippen LogP contribution in [-0.2, 0) is 9.53 Å². The van der Waals surface area contributed by atoms with Gasteiger partial charge in [0.25, 0.3) is 0 Å². The van der Waals surface area contributed by atoms with Crippen molar-refractivity contribution in [3.8, 4) is 0 Å². The highest BCUT2D eigenvalue weighted by molar-refractivity contribution is 5.83. The van der Waals surface area contributed by atoms with Crippen molar-refractivity contribution in [3.05, 3.63) is 23.8 Å². The van der Waals surface area contributed by atoms with E-state index in [0.29, 0.717) is 11.3 Å². The monoisotopic (exact) mass is 280 g/mol. The average Bonchev–Trinajstić information content (AvgIpc) is 2.23. The molecule has 0 aromatic rings. The van der Waals surface area contributed by atoms with Gasteiger partial charge in [-0.1, -0.05) is 46.3 Å². The van der Waals surface area contributed by atoms with E-state index in [9.17, 15) is 4.79 Å². The van der Waals surface area contributed by atoms with Gasteiger partial charge in [0.05, 0.1) is 6.10 Å². The molecule has 0 saturated carbocycles. The summed E-state index contributed by atoms with van der Waals surface area (Å²) in [6, 6.07) is 0. The highest BCUT2D eigenvalue weighted by atomic mass is 16.5. The SMILES string of the molecule is CC(C=CC(C)CCCC(C)(C)C)=CC(=O)OC(C)C. The summed E-state index contributed by atoms with van der Waals surface area (Å²) in [5.41, 5.74) is 1.36. The van der Waals surface area contributed by atoms with Crippen molar-refractivity contribution >= 4 is 5.97 Å². The van der Waals surface area contributed by atoms with E-state index in [1.54, 1.807) is 6.08 Å². The average molecular weight is 280 g/mol. The highest BCUT2D eigenvalue weighted by Gasteiger charge is 2.10. The molecule has 1 unspecified atom stereocenters. The molecular weight excluding hydrogens is 248 g/mol. The maximum absolute atomic E-state index is 11.5. The van der Waals surface area contributed by atoms with Crippen LogP contribution in [0.15, 0.2) is 23.8 Å². The molecule has 0 N–H and O–H groups in total. The van der Waals surface area contributed by atoms with Crippen LogP contribution in [0.5, 0.6) is 0 Å². The van der Waals surface area contributed by atoms with Crippen molar-refractivity contribution in [3.63, 3.8) is 0 Å². The smallest absolute Gasteiger partial charge is 0.331 e. The molecule has 0 heterocycles. The first-order valence-electron chi connectivity index (χ1n) is 7.67. The fourth-order valence-electron chi connectivity index (χ4n) is 1.87. The quantitative estimate of drug-likeness (QED) is 0.359. The molecule has 2 heteroatoms. The van der Waals surface area contributed by atoms with Gasteiger partial charge in [-0.3, -0.25) is 0 Å². The zero-order valence-electron chi connectivity index (χ0n) is 14.3. The molecular formula is C18H32O2. The lowest BCUT2D eigenvalue weighted by Crippen LogP contribution is -2.08. The second kappa shape index (κ2) is 8.99. The molecule has 0 aliphatic carbocycles. The van der Waals surface area contributed by atoms with Crippen LogP contribution < -0.4 is 0 Å². The number of carbonyl (C=O) groups excluding carboxylic acids is 1. The summed E-state index contributed by atoms with van der Waals surface area (Å²) >= 11 is 0. The summed E-state index contributed by atoms with van der Waals surface area (Å²) in [7, 11) is 0. The zero-order chi connectivity index (χ0) is 15.8. The predicted octanol–water partition coefficient (Wildman–Crippen LogP) is 5.29. The summed E-state index contributed by atoms with van der Waals surface area (Å²) in [5, 5.41) is 0. The Bertz CT molecular complexity index is 343. The van der Waals surface area contributed by atoms with Crippen molar-refractivity contribution in [2.75, 3.05) is 0 Å². The van der Waals surface area contributed by atoms with Crippen LogP contribution in [0.1, 0.15) is 67.7 Å². The molecule has 0 rings (SSSR count). The summed E-state index contributed by atoms with van der Waals surface area (Å²) in [6.45, 7) is 14.7. The highest BCUT2D eigenvalue weighted by Crippen LogP contribution is 2.23. The first-order valence-corrected chi connectivity index (χ1v) is 7.67. The van der Waals surface area contributed by atoms with Gasteiger partial charge < -0.3 is 4.74 Å². The van der Waals surface area contributed by atoms with Gasteiger partial charge in [-0.05, 0) is 50.5 Å². The van der Waals surface area contributed by atoms with E-state index in [1.807, 2.05) is 26.8 Å². The summed E-state index contributed by atoms with van der Waals surface area (Å²) in [5.74, 6) is 0.282. The van der Waals surface area contributed by atoms with Gasteiger partial charge in [-0.15, -0.1) is 0 Å². The van der Waals surface area contributed by atoms with Crippen molar-refractivity contribution in [1.29, 1.82) is 0 Å². The first kappa shape index (κ1) is 18.9. The molecule has 0 fully saturated rings. The Morgan fingerprint density at radius 3 is 2.30 bits per heavy atom. The van der Waals surface area contributed by atoms with Crippen LogP contribution >= 0.6 is 0 Å². The number of hydrogen-bond donors (Lipinski definition) is 0. The maximum atomic E-state index is 11.5. The number of allylic oxidation sites excluding steroid dienone is 3. The number of esters is 1. The molecule has 116 valence electrons. The molecule has 0 aliphatic rings. The van der Waals surface area contributed by atoms with Gasteiger partial charge in [0.1, 0.15) is 0 Å². The Morgan fingerprint density at radius 1 is 1.20 bits per heavy atom. The molecule has 1 atom stereocenters. The molecule has 0 amide bonds. The fourth-order valence-corrected chi connectivity index (χ4v) is 1.87. The third-order valence-corrected chi connectivity index (χ3v) is 2.97. The van der Waals surface area contributed by atoms with E-state index >= 15 is 0 Å². The summed E-state index contributed by atoms with van der Waals surface area (Å²) in [4.78, 5) is 11.5. The van der Waals surface area contributed by atoms with Crippen molar-refractivity contribution in [1.82, 2.24) is 0 Å². The molecule has 0 bridgehead atoms. The minimum atomic E-state index is -0.262. The minimum absolute atomic E-state index is 0.0631. The van der Waals surface area contributed by atoms with Gasteiger partial charge in [0.2, 0.25) is 0 Å². The molecule has 0 saturated heterocycles. The molecule has 0 aliphatic heterocycles. The second-order valence-corrected chi connectivity index (χ2v) is 7.16. The van der Waals surface area contributed by atoms with Gasteiger partial charge in [-0.25, -0.2) is 4.79 Å². The van der Waals surface area contributed by atoms with Crippen molar-refractivity contribution < 1.29 is 9.53 Å². The van der Waals surface area contributed by atoms with Crippen molar-refractivity contribution in [2.45, 2.75) is 73.8 Å². The number of carbonyl (C=O) groups is 1. The lowest BCUT2D eigenvalue weighted by Gasteiger charge is -2.18. The molecule has 0 radical (unpaired) electrons. The molecule has 2 nitrogen and oxygen atoms in total. The van der Waals surface area contributed by atoms with E-state index < -0.39 is 0 Å². The number of hydrogen-bond acceptors (Lipinski definition) is 2. The lowest BCUT2D eigenvalue weighted by atomic mass is 9.88. The predicted molar refractivity (Wildman–Crippen MR) is 86.6 cm³/mol. The van der Waals surface area contributed by atoms with Crippen LogP contribution in [0.4, 0.5) is 0 Å². The first-order chi connectivity index (χ1) is 9.10. The molecule has 0 spiro atoms. The maximum Gasteiger partial charge on any atom is 0.331 e. The Hall–Kier alpha value is -1.05. The Balaban J connectivity index is 4.14. The Labute approximate surface area is 125 Å². The van der Waals surface area contributed by atoms with E-state index in [0.717, 1.165) is 5.57 Å². The Kier molecular flexibility index (Phi) is 8.52. The standard InChI is InChI=1S/C18H32O2/c1-14(2)20-17(19)13-16(4)11-10-15(3)9-8-12-18(5,6)7/h10-11,13-15H,8-9,12H2,1-7H3. The van der Waals surface area contributed by atoms with Gasteiger partial charge >= 0.3 is 5.97 Å².